The van der Waals surface area contributed by atoms with Gasteiger partial charge in [0.1, 0.15) is 5.60 Å². The monoisotopic (exact) mass is 218 g/mol. The molecule has 0 unspecified atom stereocenters. The van der Waals surface area contributed by atoms with Crippen LogP contribution >= 0.6 is 0 Å². The van der Waals surface area contributed by atoms with Gasteiger partial charge in [0, 0.05) is 0 Å². The topological polar surface area (TPSA) is 72.8 Å². The van der Waals surface area contributed by atoms with Crippen LogP contribution in [0.25, 0.3) is 0 Å². The molecule has 0 aliphatic heterocycles. The van der Waals surface area contributed by atoms with Gasteiger partial charge in [0.05, 0.1) is 13.0 Å². The molecule has 0 spiro atoms. The average Bonchev–Trinajstić information content (AvgIpc) is 2.00. The van der Waals surface area contributed by atoms with Crippen LogP contribution in [-0.4, -0.2) is 35.4 Å². The maximum atomic E-state index is 11.2. The van der Waals surface area contributed by atoms with E-state index in [-0.39, 0.29) is 13.0 Å². The van der Waals surface area contributed by atoms with Crippen molar-refractivity contribution in [3.63, 3.8) is 0 Å². The summed E-state index contributed by atoms with van der Waals surface area (Å²) in [6.07, 6.45) is -1.83. The molecule has 0 heterocycles. The molecule has 0 aromatic carbocycles. The molecular weight excluding hydrogens is 200 g/mol. The molecule has 0 bridgehead atoms. The van der Waals surface area contributed by atoms with Gasteiger partial charge in [0.15, 0.2) is 6.10 Å². The smallest absolute Gasteiger partial charge is 0.336 e. The van der Waals surface area contributed by atoms with Crippen LogP contribution in [0.1, 0.15) is 34.1 Å². The lowest BCUT2D eigenvalue weighted by molar-refractivity contribution is -0.169. The van der Waals surface area contributed by atoms with Crippen molar-refractivity contribution in [3.8, 4) is 0 Å². The van der Waals surface area contributed by atoms with Crippen molar-refractivity contribution in [2.75, 3.05) is 6.61 Å². The predicted octanol–water partition coefficient (Wildman–Crippen LogP) is 0.642. The minimum atomic E-state index is -1.46. The van der Waals surface area contributed by atoms with Gasteiger partial charge in [-0.25, -0.2) is 4.79 Å². The molecule has 0 aliphatic rings. The summed E-state index contributed by atoms with van der Waals surface area (Å²) in [5.74, 6) is -1.42. The summed E-state index contributed by atoms with van der Waals surface area (Å²) in [5.41, 5.74) is -0.674. The largest absolute Gasteiger partial charge is 0.466 e. The van der Waals surface area contributed by atoms with E-state index in [0.717, 1.165) is 0 Å². The van der Waals surface area contributed by atoms with E-state index in [9.17, 15) is 14.7 Å². The molecule has 0 aromatic rings. The van der Waals surface area contributed by atoms with E-state index in [1.54, 1.807) is 27.7 Å². The fourth-order valence-corrected chi connectivity index (χ4v) is 0.831. The molecular formula is C10H18O5. The van der Waals surface area contributed by atoms with E-state index in [1.807, 2.05) is 0 Å². The molecule has 88 valence electrons. The Morgan fingerprint density at radius 1 is 1.33 bits per heavy atom. The molecule has 5 nitrogen and oxygen atoms in total. The summed E-state index contributed by atoms with van der Waals surface area (Å²) >= 11 is 0. The fraction of sp³-hybridized carbons (Fsp3) is 0.800. The van der Waals surface area contributed by atoms with Gasteiger partial charge in [0.2, 0.25) is 0 Å². The lowest BCUT2D eigenvalue weighted by Gasteiger charge is -2.21. The Kier molecular flexibility index (Phi) is 5.28. The van der Waals surface area contributed by atoms with Gasteiger partial charge in [-0.1, -0.05) is 0 Å². The second-order valence-corrected chi connectivity index (χ2v) is 4.06. The quantitative estimate of drug-likeness (QED) is 0.701. The van der Waals surface area contributed by atoms with E-state index < -0.39 is 23.6 Å². The number of carbonyl (C=O) groups is 2. The second kappa shape index (κ2) is 5.70. The Bertz CT molecular complexity index is 228. The Hall–Kier alpha value is -1.10. The summed E-state index contributed by atoms with van der Waals surface area (Å²) in [6, 6.07) is 0. The van der Waals surface area contributed by atoms with Crippen molar-refractivity contribution < 1.29 is 24.2 Å². The Morgan fingerprint density at radius 3 is 2.27 bits per heavy atom. The lowest BCUT2D eigenvalue weighted by atomic mass is 10.2. The molecule has 0 saturated heterocycles. The van der Waals surface area contributed by atoms with Gasteiger partial charge in [0.25, 0.3) is 0 Å². The molecule has 15 heavy (non-hydrogen) atoms. The SMILES string of the molecule is CCOC(=O)C[C@H](O)C(=O)OC(C)(C)C. The fourth-order valence-electron chi connectivity index (χ4n) is 0.831. The third kappa shape index (κ3) is 6.90. The minimum Gasteiger partial charge on any atom is -0.466 e. The van der Waals surface area contributed by atoms with Crippen LogP contribution in [0.3, 0.4) is 0 Å². The Morgan fingerprint density at radius 2 is 1.87 bits per heavy atom. The van der Waals surface area contributed by atoms with Crippen LogP contribution in [0.4, 0.5) is 0 Å². The molecule has 0 rings (SSSR count). The zero-order valence-electron chi connectivity index (χ0n) is 9.57. The molecule has 1 atom stereocenters. The van der Waals surface area contributed by atoms with Gasteiger partial charge in [-0.2, -0.15) is 0 Å². The molecule has 0 amide bonds. The molecule has 5 heteroatoms. The molecule has 0 aromatic heterocycles. The van der Waals surface area contributed by atoms with Crippen molar-refractivity contribution in [2.45, 2.75) is 45.8 Å². The zero-order chi connectivity index (χ0) is 12.1. The van der Waals surface area contributed by atoms with Crippen LogP contribution < -0.4 is 0 Å². The first-order valence-electron chi connectivity index (χ1n) is 4.83. The highest BCUT2D eigenvalue weighted by atomic mass is 16.6. The number of ether oxygens (including phenoxy) is 2. The van der Waals surface area contributed by atoms with Crippen LogP contribution in [0.2, 0.25) is 0 Å². The van der Waals surface area contributed by atoms with E-state index in [2.05, 4.69) is 4.74 Å². The molecule has 0 aliphatic carbocycles. The number of hydrogen-bond donors (Lipinski definition) is 1. The maximum absolute atomic E-state index is 11.2. The highest BCUT2D eigenvalue weighted by Gasteiger charge is 2.25. The number of carbonyl (C=O) groups excluding carboxylic acids is 2. The minimum absolute atomic E-state index is 0.222. The standard InChI is InChI=1S/C10H18O5/c1-5-14-8(12)6-7(11)9(13)15-10(2,3)4/h7,11H,5-6H2,1-4H3/t7-/m0/s1. The Labute approximate surface area is 89.4 Å². The number of aliphatic hydroxyl groups excluding tert-OH is 1. The van der Waals surface area contributed by atoms with Crippen LogP contribution in [-0.2, 0) is 19.1 Å². The van der Waals surface area contributed by atoms with Crippen LogP contribution in [0, 0.1) is 0 Å². The van der Waals surface area contributed by atoms with Gasteiger partial charge in [-0.15, -0.1) is 0 Å². The number of aliphatic hydroxyl groups is 1. The summed E-state index contributed by atoms with van der Waals surface area (Å²) < 4.78 is 9.47. The van der Waals surface area contributed by atoms with E-state index in [4.69, 9.17) is 4.74 Å². The lowest BCUT2D eigenvalue weighted by Crippen LogP contribution is -2.33. The third-order valence-corrected chi connectivity index (χ3v) is 1.34. The highest BCUT2D eigenvalue weighted by molar-refractivity contribution is 5.81. The van der Waals surface area contributed by atoms with Gasteiger partial charge >= 0.3 is 11.9 Å². The normalized spacial score (nSPS) is 13.1. The van der Waals surface area contributed by atoms with Crippen LogP contribution in [0.5, 0.6) is 0 Å². The first-order valence-corrected chi connectivity index (χ1v) is 4.83. The van der Waals surface area contributed by atoms with Gasteiger partial charge < -0.3 is 14.6 Å². The highest BCUT2D eigenvalue weighted by Crippen LogP contribution is 2.09. The van der Waals surface area contributed by atoms with Gasteiger partial charge in [-0.05, 0) is 27.7 Å². The predicted molar refractivity (Wildman–Crippen MR) is 53.1 cm³/mol. The number of rotatable bonds is 4. The Balaban J connectivity index is 4.05. The van der Waals surface area contributed by atoms with E-state index >= 15 is 0 Å². The summed E-state index contributed by atoms with van der Waals surface area (Å²) in [7, 11) is 0. The summed E-state index contributed by atoms with van der Waals surface area (Å²) in [6.45, 7) is 6.92. The number of esters is 2. The zero-order valence-corrected chi connectivity index (χ0v) is 9.57. The summed E-state index contributed by atoms with van der Waals surface area (Å²) in [4.78, 5) is 22.2. The second-order valence-electron chi connectivity index (χ2n) is 4.06. The van der Waals surface area contributed by atoms with Crippen molar-refractivity contribution >= 4 is 11.9 Å². The third-order valence-electron chi connectivity index (χ3n) is 1.34. The van der Waals surface area contributed by atoms with Gasteiger partial charge in [-0.3, -0.25) is 4.79 Å². The van der Waals surface area contributed by atoms with Crippen LogP contribution in [0.15, 0.2) is 0 Å². The number of hydrogen-bond acceptors (Lipinski definition) is 5. The molecule has 0 radical (unpaired) electrons. The van der Waals surface area contributed by atoms with Crippen molar-refractivity contribution in [2.24, 2.45) is 0 Å². The molecule has 1 N–H and O–H groups in total. The van der Waals surface area contributed by atoms with E-state index in [1.165, 1.54) is 0 Å². The maximum Gasteiger partial charge on any atom is 0.336 e. The average molecular weight is 218 g/mol. The van der Waals surface area contributed by atoms with Crippen molar-refractivity contribution in [3.05, 3.63) is 0 Å². The van der Waals surface area contributed by atoms with Crippen molar-refractivity contribution in [1.82, 2.24) is 0 Å². The molecule has 0 fully saturated rings. The summed E-state index contributed by atoms with van der Waals surface area (Å²) in [5, 5.41) is 9.30. The first kappa shape index (κ1) is 13.9. The molecule has 0 saturated carbocycles. The first-order chi connectivity index (χ1) is 6.76. The van der Waals surface area contributed by atoms with E-state index in [0.29, 0.717) is 0 Å². The van der Waals surface area contributed by atoms with Crippen molar-refractivity contribution in [1.29, 1.82) is 0 Å².